The topological polar surface area (TPSA) is 9.23 Å². The first-order valence-corrected chi connectivity index (χ1v) is 6.93. The molecule has 106 valence electrons. The number of hydrogen-bond donors (Lipinski definition) is 0. The van der Waals surface area contributed by atoms with Crippen LogP contribution >= 0.6 is 11.6 Å². The van der Waals surface area contributed by atoms with E-state index in [0.717, 1.165) is 28.0 Å². The van der Waals surface area contributed by atoms with Crippen LogP contribution in [0.4, 0.5) is 4.39 Å². The lowest BCUT2D eigenvalue weighted by Crippen LogP contribution is -1.99. The van der Waals surface area contributed by atoms with Crippen LogP contribution in [-0.4, -0.2) is 7.11 Å². The number of halogens is 2. The highest BCUT2D eigenvalue weighted by Crippen LogP contribution is 2.34. The molecule has 0 aromatic heterocycles. The third kappa shape index (κ3) is 2.80. The summed E-state index contributed by atoms with van der Waals surface area (Å²) in [6, 6.07) is 9.10. The maximum Gasteiger partial charge on any atom is 0.126 e. The van der Waals surface area contributed by atoms with Gasteiger partial charge in [0.1, 0.15) is 11.6 Å². The Kier molecular flexibility index (Phi) is 4.34. The van der Waals surface area contributed by atoms with Crippen molar-refractivity contribution in [1.29, 1.82) is 0 Å². The maximum atomic E-state index is 13.7. The number of rotatable bonds is 3. The fourth-order valence-corrected chi connectivity index (χ4v) is 2.67. The second kappa shape index (κ2) is 5.84. The summed E-state index contributed by atoms with van der Waals surface area (Å²) in [5, 5.41) is -0.367. The van der Waals surface area contributed by atoms with Gasteiger partial charge >= 0.3 is 0 Å². The zero-order valence-corrected chi connectivity index (χ0v) is 12.9. The number of aryl methyl sites for hydroxylation is 3. The second-order valence-corrected chi connectivity index (χ2v) is 5.50. The Morgan fingerprint density at radius 1 is 0.950 bits per heavy atom. The van der Waals surface area contributed by atoms with Crippen molar-refractivity contribution in [3.8, 4) is 5.75 Å². The van der Waals surface area contributed by atoms with Crippen LogP contribution < -0.4 is 4.74 Å². The normalized spacial score (nSPS) is 12.3. The smallest absolute Gasteiger partial charge is 0.126 e. The molecule has 0 aliphatic rings. The van der Waals surface area contributed by atoms with Gasteiger partial charge < -0.3 is 4.74 Å². The third-order valence-corrected chi connectivity index (χ3v) is 3.97. The summed E-state index contributed by atoms with van der Waals surface area (Å²) in [5.41, 5.74) is 4.39. The summed E-state index contributed by atoms with van der Waals surface area (Å²) in [4.78, 5) is 0. The van der Waals surface area contributed by atoms with E-state index in [1.807, 2.05) is 32.0 Å². The van der Waals surface area contributed by atoms with Gasteiger partial charge in [-0.3, -0.25) is 0 Å². The Balaban J connectivity index is 2.42. The van der Waals surface area contributed by atoms with E-state index in [-0.39, 0.29) is 11.2 Å². The highest BCUT2D eigenvalue weighted by atomic mass is 35.5. The first-order chi connectivity index (χ1) is 9.43. The van der Waals surface area contributed by atoms with Crippen LogP contribution in [0.25, 0.3) is 0 Å². The lowest BCUT2D eigenvalue weighted by molar-refractivity contribution is 0.408. The van der Waals surface area contributed by atoms with Gasteiger partial charge in [0.2, 0.25) is 0 Å². The van der Waals surface area contributed by atoms with Crippen molar-refractivity contribution >= 4 is 11.6 Å². The minimum absolute atomic E-state index is 0.227. The molecule has 2 aromatic rings. The molecule has 0 bridgehead atoms. The highest BCUT2D eigenvalue weighted by molar-refractivity contribution is 6.22. The number of ether oxygens (including phenoxy) is 1. The minimum Gasteiger partial charge on any atom is -0.496 e. The molecule has 0 amide bonds. The highest BCUT2D eigenvalue weighted by Gasteiger charge is 2.15. The molecule has 0 saturated heterocycles. The first kappa shape index (κ1) is 14.9. The van der Waals surface area contributed by atoms with E-state index in [1.54, 1.807) is 20.1 Å². The van der Waals surface area contributed by atoms with Crippen LogP contribution in [0.1, 0.15) is 33.2 Å². The fourth-order valence-electron chi connectivity index (χ4n) is 2.41. The lowest BCUT2D eigenvalue weighted by atomic mass is 9.98. The second-order valence-electron chi connectivity index (χ2n) is 5.06. The van der Waals surface area contributed by atoms with E-state index in [1.165, 1.54) is 6.07 Å². The van der Waals surface area contributed by atoms with Crippen molar-refractivity contribution in [1.82, 2.24) is 0 Å². The van der Waals surface area contributed by atoms with Crippen molar-refractivity contribution in [2.45, 2.75) is 26.1 Å². The van der Waals surface area contributed by atoms with Crippen molar-refractivity contribution in [2.75, 3.05) is 7.11 Å². The lowest BCUT2D eigenvalue weighted by Gasteiger charge is -2.15. The Bertz CT molecular complexity index is 614. The predicted molar refractivity (Wildman–Crippen MR) is 81.3 cm³/mol. The first-order valence-electron chi connectivity index (χ1n) is 6.49. The number of benzene rings is 2. The summed E-state index contributed by atoms with van der Waals surface area (Å²) < 4.78 is 19.0. The molecule has 2 rings (SSSR count). The van der Waals surface area contributed by atoms with Gasteiger partial charge in [0, 0.05) is 0 Å². The molecule has 20 heavy (non-hydrogen) atoms. The molecule has 0 aliphatic carbocycles. The van der Waals surface area contributed by atoms with Crippen LogP contribution in [0.5, 0.6) is 5.75 Å². The number of alkyl halides is 1. The van der Waals surface area contributed by atoms with E-state index in [4.69, 9.17) is 16.3 Å². The van der Waals surface area contributed by atoms with Crippen LogP contribution in [0.15, 0.2) is 30.3 Å². The third-order valence-electron chi connectivity index (χ3n) is 3.47. The molecule has 0 saturated carbocycles. The van der Waals surface area contributed by atoms with Gasteiger partial charge in [0.05, 0.1) is 12.5 Å². The van der Waals surface area contributed by atoms with Gasteiger partial charge in [-0.15, -0.1) is 11.6 Å². The Labute approximate surface area is 124 Å². The Hall–Kier alpha value is -1.54. The molecular weight excluding hydrogens is 275 g/mol. The van der Waals surface area contributed by atoms with E-state index < -0.39 is 0 Å². The summed E-state index contributed by atoms with van der Waals surface area (Å²) in [5.74, 6) is 0.641. The van der Waals surface area contributed by atoms with E-state index in [2.05, 4.69) is 0 Å². The summed E-state index contributed by atoms with van der Waals surface area (Å²) in [7, 11) is 1.66. The minimum atomic E-state index is -0.367. The van der Waals surface area contributed by atoms with Crippen molar-refractivity contribution in [2.24, 2.45) is 0 Å². The van der Waals surface area contributed by atoms with Crippen molar-refractivity contribution in [3.05, 3.63) is 64.0 Å². The van der Waals surface area contributed by atoms with Gasteiger partial charge in [0.25, 0.3) is 0 Å². The summed E-state index contributed by atoms with van der Waals surface area (Å²) >= 11 is 6.49. The monoisotopic (exact) mass is 292 g/mol. The Morgan fingerprint density at radius 3 is 2.05 bits per heavy atom. The van der Waals surface area contributed by atoms with Gasteiger partial charge in [0.15, 0.2) is 0 Å². The molecule has 0 N–H and O–H groups in total. The Morgan fingerprint density at radius 2 is 1.55 bits per heavy atom. The molecule has 1 nitrogen and oxygen atoms in total. The van der Waals surface area contributed by atoms with E-state index >= 15 is 0 Å². The quantitative estimate of drug-likeness (QED) is 0.716. The molecule has 0 aliphatic heterocycles. The number of methoxy groups -OCH3 is 1. The predicted octanol–water partition coefficient (Wildman–Crippen LogP) is 5.09. The van der Waals surface area contributed by atoms with Crippen LogP contribution in [0.2, 0.25) is 0 Å². The molecule has 3 heteroatoms. The molecule has 0 radical (unpaired) electrons. The van der Waals surface area contributed by atoms with Gasteiger partial charge in [-0.05, 0) is 54.7 Å². The molecule has 2 aromatic carbocycles. The summed E-state index contributed by atoms with van der Waals surface area (Å²) in [6.07, 6.45) is 0. The molecule has 1 unspecified atom stereocenters. The van der Waals surface area contributed by atoms with Crippen LogP contribution in [0.3, 0.4) is 0 Å². The number of hydrogen-bond acceptors (Lipinski definition) is 1. The van der Waals surface area contributed by atoms with Crippen molar-refractivity contribution < 1.29 is 9.13 Å². The largest absolute Gasteiger partial charge is 0.496 e. The zero-order chi connectivity index (χ0) is 14.9. The summed E-state index contributed by atoms with van der Waals surface area (Å²) in [6.45, 7) is 5.70. The fraction of sp³-hybridized carbons (Fsp3) is 0.294. The maximum absolute atomic E-state index is 13.7. The molecular formula is C17H18ClFO. The van der Waals surface area contributed by atoms with Crippen LogP contribution in [0, 0.1) is 26.6 Å². The zero-order valence-electron chi connectivity index (χ0n) is 12.1. The van der Waals surface area contributed by atoms with Gasteiger partial charge in [-0.1, -0.05) is 24.3 Å². The van der Waals surface area contributed by atoms with Gasteiger partial charge in [-0.25, -0.2) is 4.39 Å². The van der Waals surface area contributed by atoms with Crippen molar-refractivity contribution in [3.63, 3.8) is 0 Å². The average Bonchev–Trinajstić information content (AvgIpc) is 2.40. The molecule has 0 heterocycles. The average molecular weight is 293 g/mol. The van der Waals surface area contributed by atoms with Gasteiger partial charge in [-0.2, -0.15) is 0 Å². The molecule has 0 fully saturated rings. The standard InChI is InChI=1S/C17H18ClFO/c1-10-5-6-13(9-15(10)19)16(18)14-7-11(2)17(20-4)12(3)8-14/h5-9,16H,1-4H3. The van der Waals surface area contributed by atoms with Crippen LogP contribution in [-0.2, 0) is 0 Å². The SMILES string of the molecule is COc1c(C)cc(C(Cl)c2ccc(C)c(F)c2)cc1C. The van der Waals surface area contributed by atoms with E-state index in [0.29, 0.717) is 5.56 Å². The van der Waals surface area contributed by atoms with E-state index in [9.17, 15) is 4.39 Å². The molecule has 0 spiro atoms. The molecule has 1 atom stereocenters.